The summed E-state index contributed by atoms with van der Waals surface area (Å²) in [6.45, 7) is 6.16. The van der Waals surface area contributed by atoms with E-state index in [2.05, 4.69) is 31.1 Å². The molecule has 0 fully saturated rings. The Bertz CT molecular complexity index is 615. The van der Waals surface area contributed by atoms with E-state index in [1.807, 2.05) is 0 Å². The molecular formula is C15H19N3O2. The highest BCUT2D eigenvalue weighted by Crippen LogP contribution is 2.31. The number of allylic oxidation sites excluding steroid dienone is 3. The number of aryl methyl sites for hydroxylation is 1. The van der Waals surface area contributed by atoms with Crippen LogP contribution >= 0.6 is 0 Å². The van der Waals surface area contributed by atoms with Crippen LogP contribution in [0.4, 0.5) is 5.95 Å². The van der Waals surface area contributed by atoms with Crippen LogP contribution in [0.3, 0.4) is 0 Å². The molecule has 0 aromatic carbocycles. The number of carbonyl (C=O) groups excluding carboxylic acids is 2. The highest BCUT2D eigenvalue weighted by molar-refractivity contribution is 6.27. The molecule has 5 heteroatoms. The number of nitrogens with zero attached hydrogens (tertiary/aromatic N) is 2. The van der Waals surface area contributed by atoms with Crippen LogP contribution < -0.4 is 5.32 Å². The van der Waals surface area contributed by atoms with E-state index in [1.165, 1.54) is 0 Å². The van der Waals surface area contributed by atoms with E-state index in [-0.39, 0.29) is 16.8 Å². The summed E-state index contributed by atoms with van der Waals surface area (Å²) in [7, 11) is 1.78. The van der Waals surface area contributed by atoms with Crippen molar-refractivity contribution in [2.75, 3.05) is 5.32 Å². The van der Waals surface area contributed by atoms with E-state index in [9.17, 15) is 9.59 Å². The number of ketones is 1. The van der Waals surface area contributed by atoms with E-state index in [0.717, 1.165) is 5.57 Å². The summed E-state index contributed by atoms with van der Waals surface area (Å²) in [5.41, 5.74) is 1.16. The molecule has 1 aliphatic carbocycles. The monoisotopic (exact) mass is 273 g/mol. The molecule has 1 aromatic rings. The molecule has 106 valence electrons. The predicted molar refractivity (Wildman–Crippen MR) is 77.1 cm³/mol. The van der Waals surface area contributed by atoms with Crippen LogP contribution in [-0.2, 0) is 16.6 Å². The van der Waals surface area contributed by atoms with Gasteiger partial charge in [-0.15, -0.1) is 0 Å². The average molecular weight is 273 g/mol. The molecule has 0 saturated carbocycles. The van der Waals surface area contributed by atoms with Crippen LogP contribution in [0, 0.1) is 5.41 Å². The average Bonchev–Trinajstić information content (AvgIpc) is 2.73. The lowest BCUT2D eigenvalue weighted by atomic mass is 9.80. The molecular weight excluding hydrogens is 254 g/mol. The van der Waals surface area contributed by atoms with Gasteiger partial charge in [-0.3, -0.25) is 14.9 Å². The van der Waals surface area contributed by atoms with Gasteiger partial charge in [-0.05, 0) is 17.9 Å². The number of hydrogen-bond donors (Lipinski definition) is 1. The van der Waals surface area contributed by atoms with Crippen LogP contribution in [0.1, 0.15) is 27.2 Å². The standard InChI is InChI=1S/C15H19N3O2/c1-15(2,3)10-5-6-11(12(19)9-10)13(20)17-14-16-7-8-18(14)4/h6-9H,5H2,1-4H3,(H,16,17,20). The molecule has 0 aliphatic heterocycles. The second kappa shape index (κ2) is 5.07. The molecule has 5 nitrogen and oxygen atoms in total. The number of anilines is 1. The Labute approximate surface area is 118 Å². The number of imidazole rings is 1. The van der Waals surface area contributed by atoms with Crippen LogP contribution in [0.2, 0.25) is 0 Å². The molecule has 1 heterocycles. The van der Waals surface area contributed by atoms with Crippen molar-refractivity contribution >= 4 is 17.6 Å². The Morgan fingerprint density at radius 2 is 2.10 bits per heavy atom. The fourth-order valence-corrected chi connectivity index (χ4v) is 1.99. The molecule has 0 spiro atoms. The molecule has 0 unspecified atom stereocenters. The summed E-state index contributed by atoms with van der Waals surface area (Å²) >= 11 is 0. The number of amides is 1. The Morgan fingerprint density at radius 1 is 1.40 bits per heavy atom. The zero-order valence-corrected chi connectivity index (χ0v) is 12.2. The minimum Gasteiger partial charge on any atom is -0.320 e. The lowest BCUT2D eigenvalue weighted by molar-refractivity contribution is -0.117. The number of aromatic nitrogens is 2. The van der Waals surface area contributed by atoms with Gasteiger partial charge < -0.3 is 4.57 Å². The first-order chi connectivity index (χ1) is 9.29. The van der Waals surface area contributed by atoms with Gasteiger partial charge in [0.2, 0.25) is 5.95 Å². The van der Waals surface area contributed by atoms with Crippen molar-refractivity contribution in [2.24, 2.45) is 12.5 Å². The van der Waals surface area contributed by atoms with Gasteiger partial charge in [0.25, 0.3) is 5.91 Å². The van der Waals surface area contributed by atoms with Crippen LogP contribution in [0.25, 0.3) is 0 Å². The van der Waals surface area contributed by atoms with Crippen molar-refractivity contribution in [3.63, 3.8) is 0 Å². The molecule has 0 radical (unpaired) electrons. The third kappa shape index (κ3) is 2.87. The zero-order valence-electron chi connectivity index (χ0n) is 12.2. The van der Waals surface area contributed by atoms with Crippen molar-refractivity contribution in [2.45, 2.75) is 27.2 Å². The van der Waals surface area contributed by atoms with Gasteiger partial charge in [0.1, 0.15) is 0 Å². The van der Waals surface area contributed by atoms with E-state index in [1.54, 1.807) is 36.2 Å². The Hall–Kier alpha value is -2.17. The maximum absolute atomic E-state index is 12.1. The van der Waals surface area contributed by atoms with Crippen molar-refractivity contribution in [3.05, 3.63) is 35.7 Å². The highest BCUT2D eigenvalue weighted by atomic mass is 16.2. The third-order valence-electron chi connectivity index (χ3n) is 3.35. The first-order valence-electron chi connectivity index (χ1n) is 6.53. The molecule has 1 N–H and O–H groups in total. The fourth-order valence-electron chi connectivity index (χ4n) is 1.99. The molecule has 20 heavy (non-hydrogen) atoms. The number of hydrogen-bond acceptors (Lipinski definition) is 3. The SMILES string of the molecule is Cn1ccnc1NC(=O)C1=CCC(C(C)(C)C)=CC1=O. The van der Waals surface area contributed by atoms with Gasteiger partial charge in [0, 0.05) is 19.4 Å². The van der Waals surface area contributed by atoms with Gasteiger partial charge in [-0.1, -0.05) is 32.4 Å². The first kappa shape index (κ1) is 14.2. The Balaban J connectivity index is 2.12. The summed E-state index contributed by atoms with van der Waals surface area (Å²) in [6, 6.07) is 0. The molecule has 0 atom stereocenters. The maximum Gasteiger partial charge on any atom is 0.261 e. The van der Waals surface area contributed by atoms with Gasteiger partial charge in [0.15, 0.2) is 5.78 Å². The minimum absolute atomic E-state index is 0.0617. The second-order valence-corrected chi connectivity index (χ2v) is 5.92. The summed E-state index contributed by atoms with van der Waals surface area (Å²) in [5, 5.41) is 2.64. The minimum atomic E-state index is -0.409. The highest BCUT2D eigenvalue weighted by Gasteiger charge is 2.26. The summed E-state index contributed by atoms with van der Waals surface area (Å²) in [5.74, 6) is -0.226. The van der Waals surface area contributed by atoms with E-state index >= 15 is 0 Å². The van der Waals surface area contributed by atoms with Crippen LogP contribution in [0.15, 0.2) is 35.7 Å². The van der Waals surface area contributed by atoms with Crippen LogP contribution in [0.5, 0.6) is 0 Å². The van der Waals surface area contributed by atoms with Gasteiger partial charge in [-0.2, -0.15) is 0 Å². The van der Waals surface area contributed by atoms with Gasteiger partial charge in [-0.25, -0.2) is 4.98 Å². The van der Waals surface area contributed by atoms with Gasteiger partial charge in [0.05, 0.1) is 5.57 Å². The molecule has 1 aromatic heterocycles. The molecule has 0 saturated heterocycles. The summed E-state index contributed by atoms with van der Waals surface area (Å²) in [4.78, 5) is 28.2. The van der Waals surface area contributed by atoms with Crippen molar-refractivity contribution < 1.29 is 9.59 Å². The number of rotatable bonds is 2. The molecule has 2 rings (SSSR count). The van der Waals surface area contributed by atoms with E-state index < -0.39 is 5.91 Å². The van der Waals surface area contributed by atoms with E-state index in [4.69, 9.17) is 0 Å². The molecule has 1 aliphatic rings. The van der Waals surface area contributed by atoms with Crippen LogP contribution in [-0.4, -0.2) is 21.2 Å². The third-order valence-corrected chi connectivity index (χ3v) is 3.35. The fraction of sp³-hybridized carbons (Fsp3) is 0.400. The van der Waals surface area contributed by atoms with Crippen molar-refractivity contribution in [1.82, 2.24) is 9.55 Å². The van der Waals surface area contributed by atoms with Gasteiger partial charge >= 0.3 is 0 Å². The summed E-state index contributed by atoms with van der Waals surface area (Å²) < 4.78 is 1.68. The van der Waals surface area contributed by atoms with E-state index in [0.29, 0.717) is 12.4 Å². The summed E-state index contributed by atoms with van der Waals surface area (Å²) in [6.07, 6.45) is 7.21. The number of carbonyl (C=O) groups is 2. The maximum atomic E-state index is 12.1. The lowest BCUT2D eigenvalue weighted by Gasteiger charge is -2.24. The predicted octanol–water partition coefficient (Wildman–Crippen LogP) is 2.23. The van der Waals surface area contributed by atoms with Crippen molar-refractivity contribution in [3.8, 4) is 0 Å². The Kier molecular flexibility index (Phi) is 3.61. The second-order valence-electron chi connectivity index (χ2n) is 5.92. The quantitative estimate of drug-likeness (QED) is 0.840. The Morgan fingerprint density at radius 3 is 2.60 bits per heavy atom. The van der Waals surface area contributed by atoms with Crippen molar-refractivity contribution in [1.29, 1.82) is 0 Å². The normalized spacial score (nSPS) is 15.7. The topological polar surface area (TPSA) is 64.0 Å². The smallest absolute Gasteiger partial charge is 0.261 e. The number of nitrogens with one attached hydrogen (secondary N) is 1. The molecule has 1 amide bonds. The zero-order chi connectivity index (χ0) is 14.9. The largest absolute Gasteiger partial charge is 0.320 e. The first-order valence-corrected chi connectivity index (χ1v) is 6.53. The molecule has 0 bridgehead atoms. The lowest BCUT2D eigenvalue weighted by Crippen LogP contribution is -2.24.